The monoisotopic (exact) mass is 347 g/mol. The lowest BCUT2D eigenvalue weighted by molar-refractivity contribution is 0.526. The third-order valence-electron chi connectivity index (χ3n) is 3.51. The number of benzene rings is 2. The molecule has 1 aromatic heterocycles. The third-order valence-corrected chi connectivity index (χ3v) is 4.12. The second kappa shape index (κ2) is 5.53. The number of fused-ring (bicyclic) bond motifs is 1. The van der Waals surface area contributed by atoms with Crippen LogP contribution in [0.2, 0.25) is 0 Å². The summed E-state index contributed by atoms with van der Waals surface area (Å²) < 4.78 is 20.0. The number of hydrogen-bond acceptors (Lipinski definition) is 2. The highest BCUT2D eigenvalue weighted by atomic mass is 79.9. The molecule has 2 nitrogen and oxygen atoms in total. The maximum Gasteiger partial charge on any atom is 0.139 e. The lowest BCUT2D eigenvalue weighted by Crippen LogP contribution is -2.07. The zero-order valence-corrected chi connectivity index (χ0v) is 13.4. The Balaban J connectivity index is 1.89. The van der Waals surface area contributed by atoms with Gasteiger partial charge in [-0.05, 0) is 59.6 Å². The Labute approximate surface area is 131 Å². The van der Waals surface area contributed by atoms with Crippen LogP contribution < -0.4 is 5.32 Å². The van der Waals surface area contributed by atoms with Crippen LogP contribution in [0.5, 0.6) is 0 Å². The van der Waals surface area contributed by atoms with Gasteiger partial charge in [-0.1, -0.05) is 18.2 Å². The molecule has 0 aliphatic carbocycles. The van der Waals surface area contributed by atoms with Gasteiger partial charge in [0.25, 0.3) is 0 Å². The van der Waals surface area contributed by atoms with Gasteiger partial charge in [0.1, 0.15) is 17.2 Å². The van der Waals surface area contributed by atoms with Crippen LogP contribution in [0.15, 0.2) is 51.4 Å². The van der Waals surface area contributed by atoms with Crippen LogP contribution in [-0.4, -0.2) is 0 Å². The lowest BCUT2D eigenvalue weighted by Gasteiger charge is -2.15. The van der Waals surface area contributed by atoms with Crippen LogP contribution in [0.1, 0.15) is 24.3 Å². The van der Waals surface area contributed by atoms with Crippen molar-refractivity contribution >= 4 is 32.6 Å². The molecule has 0 bridgehead atoms. The molecular formula is C17H15BrFNO. The Morgan fingerprint density at radius 1 is 1.19 bits per heavy atom. The van der Waals surface area contributed by atoms with Gasteiger partial charge < -0.3 is 9.73 Å². The maximum absolute atomic E-state index is 13.7. The van der Waals surface area contributed by atoms with Crippen molar-refractivity contribution in [2.24, 2.45) is 0 Å². The molecular weight excluding hydrogens is 333 g/mol. The molecule has 1 atom stereocenters. The fourth-order valence-electron chi connectivity index (χ4n) is 2.32. The van der Waals surface area contributed by atoms with Crippen LogP contribution in [-0.2, 0) is 0 Å². The minimum absolute atomic E-state index is 0.0447. The van der Waals surface area contributed by atoms with Crippen LogP contribution in [0.25, 0.3) is 11.0 Å². The van der Waals surface area contributed by atoms with Gasteiger partial charge in [-0.3, -0.25) is 0 Å². The molecule has 21 heavy (non-hydrogen) atoms. The van der Waals surface area contributed by atoms with Gasteiger partial charge >= 0.3 is 0 Å². The summed E-state index contributed by atoms with van der Waals surface area (Å²) >= 11 is 3.19. The molecule has 0 fully saturated rings. The molecule has 0 aliphatic rings. The van der Waals surface area contributed by atoms with Crippen molar-refractivity contribution in [3.8, 4) is 0 Å². The van der Waals surface area contributed by atoms with Gasteiger partial charge in [0.15, 0.2) is 0 Å². The van der Waals surface area contributed by atoms with Gasteiger partial charge in [0.2, 0.25) is 0 Å². The van der Waals surface area contributed by atoms with Crippen molar-refractivity contribution in [2.45, 2.75) is 19.9 Å². The number of furan rings is 1. The molecule has 0 amide bonds. The van der Waals surface area contributed by atoms with Crippen LogP contribution in [0.4, 0.5) is 10.1 Å². The van der Waals surface area contributed by atoms with Crippen LogP contribution in [0.3, 0.4) is 0 Å². The molecule has 0 saturated carbocycles. The predicted molar refractivity (Wildman–Crippen MR) is 87.1 cm³/mol. The topological polar surface area (TPSA) is 25.2 Å². The highest BCUT2D eigenvalue weighted by Gasteiger charge is 2.13. The van der Waals surface area contributed by atoms with Crippen molar-refractivity contribution in [2.75, 3.05) is 5.32 Å². The fraction of sp³-hybridized carbons (Fsp3) is 0.176. The number of hydrogen-bond donors (Lipinski definition) is 1. The SMILES string of the molecule is Cc1cc(Br)c(F)cc1NC(C)c1cc2ccccc2o1. The lowest BCUT2D eigenvalue weighted by atomic mass is 10.1. The first-order valence-electron chi connectivity index (χ1n) is 6.75. The smallest absolute Gasteiger partial charge is 0.139 e. The first-order valence-corrected chi connectivity index (χ1v) is 7.54. The van der Waals surface area contributed by atoms with Gasteiger partial charge in [-0.25, -0.2) is 4.39 Å². The summed E-state index contributed by atoms with van der Waals surface area (Å²) in [5, 5.41) is 4.37. The number of aryl methyl sites for hydroxylation is 1. The average Bonchev–Trinajstić information content (AvgIpc) is 2.88. The molecule has 0 spiro atoms. The highest BCUT2D eigenvalue weighted by molar-refractivity contribution is 9.10. The second-order valence-corrected chi connectivity index (χ2v) is 5.99. The van der Waals surface area contributed by atoms with Crippen molar-refractivity contribution in [1.82, 2.24) is 0 Å². The van der Waals surface area contributed by atoms with E-state index < -0.39 is 0 Å². The van der Waals surface area contributed by atoms with Crippen LogP contribution >= 0.6 is 15.9 Å². The summed E-state index contributed by atoms with van der Waals surface area (Å²) in [4.78, 5) is 0. The summed E-state index contributed by atoms with van der Waals surface area (Å²) in [6, 6.07) is 13.1. The maximum atomic E-state index is 13.7. The van der Waals surface area contributed by atoms with E-state index in [9.17, 15) is 4.39 Å². The van der Waals surface area contributed by atoms with E-state index in [-0.39, 0.29) is 11.9 Å². The van der Waals surface area contributed by atoms with E-state index >= 15 is 0 Å². The van der Waals surface area contributed by atoms with Gasteiger partial charge in [0, 0.05) is 11.1 Å². The Bertz CT molecular complexity index is 764. The van der Waals surface area contributed by atoms with Crippen molar-refractivity contribution < 1.29 is 8.81 Å². The molecule has 2 aromatic carbocycles. The third kappa shape index (κ3) is 2.81. The minimum atomic E-state index is -0.278. The Morgan fingerprint density at radius 3 is 2.71 bits per heavy atom. The standard InChI is InChI=1S/C17H15BrFNO/c1-10-7-13(18)14(19)9-15(10)20-11(2)17-8-12-5-3-4-6-16(12)21-17/h3-9,11,20H,1-2H3. The van der Waals surface area contributed by atoms with E-state index in [1.165, 1.54) is 6.07 Å². The zero-order chi connectivity index (χ0) is 15.0. The summed E-state index contributed by atoms with van der Waals surface area (Å²) in [7, 11) is 0. The predicted octanol–water partition coefficient (Wildman–Crippen LogP) is 5.82. The molecule has 1 N–H and O–H groups in total. The van der Waals surface area contributed by atoms with Crippen molar-refractivity contribution in [1.29, 1.82) is 0 Å². The number of rotatable bonds is 3. The number of anilines is 1. The first-order chi connectivity index (χ1) is 10.0. The van der Waals surface area contributed by atoms with Gasteiger partial charge in [-0.15, -0.1) is 0 Å². The van der Waals surface area contributed by atoms with E-state index in [0.29, 0.717) is 4.47 Å². The number of nitrogens with one attached hydrogen (secondary N) is 1. The molecule has 0 aliphatic heterocycles. The summed E-state index contributed by atoms with van der Waals surface area (Å²) in [6.45, 7) is 3.94. The van der Waals surface area contributed by atoms with Crippen molar-refractivity contribution in [3.63, 3.8) is 0 Å². The van der Waals surface area contributed by atoms with Gasteiger partial charge in [-0.2, -0.15) is 0 Å². The molecule has 3 aromatic rings. The summed E-state index contributed by atoms with van der Waals surface area (Å²) in [5.74, 6) is 0.554. The molecule has 1 unspecified atom stereocenters. The van der Waals surface area contributed by atoms with Crippen LogP contribution in [0, 0.1) is 12.7 Å². The quantitative estimate of drug-likeness (QED) is 0.646. The Hall–Kier alpha value is -1.81. The average molecular weight is 348 g/mol. The van der Waals surface area contributed by atoms with E-state index in [0.717, 1.165) is 28.0 Å². The molecule has 0 radical (unpaired) electrons. The van der Waals surface area contributed by atoms with E-state index in [4.69, 9.17) is 4.42 Å². The Morgan fingerprint density at radius 2 is 1.95 bits per heavy atom. The molecule has 108 valence electrons. The fourth-order valence-corrected chi connectivity index (χ4v) is 2.78. The van der Waals surface area contributed by atoms with E-state index in [1.807, 2.05) is 44.2 Å². The number of para-hydroxylation sites is 1. The summed E-state index contributed by atoms with van der Waals surface area (Å²) in [5.41, 5.74) is 2.61. The molecule has 0 saturated heterocycles. The minimum Gasteiger partial charge on any atom is -0.459 e. The molecule has 3 rings (SSSR count). The first kappa shape index (κ1) is 14.1. The van der Waals surface area contributed by atoms with E-state index in [1.54, 1.807) is 6.07 Å². The van der Waals surface area contributed by atoms with Crippen molar-refractivity contribution in [3.05, 3.63) is 64.1 Å². The normalized spacial score (nSPS) is 12.6. The largest absolute Gasteiger partial charge is 0.459 e. The van der Waals surface area contributed by atoms with Gasteiger partial charge in [0.05, 0.1) is 10.5 Å². The van der Waals surface area contributed by atoms with E-state index in [2.05, 4.69) is 21.2 Å². The summed E-state index contributed by atoms with van der Waals surface area (Å²) in [6.07, 6.45) is 0. The number of halogens is 2. The zero-order valence-electron chi connectivity index (χ0n) is 11.8. The Kier molecular flexibility index (Phi) is 3.72. The molecule has 1 heterocycles. The highest BCUT2D eigenvalue weighted by Crippen LogP contribution is 2.29. The molecule has 4 heteroatoms. The second-order valence-electron chi connectivity index (χ2n) is 5.13.